The molecular formula is C7H10F3NO. The van der Waals surface area contributed by atoms with Crippen LogP contribution < -0.4 is 5.32 Å². The van der Waals surface area contributed by atoms with Gasteiger partial charge in [-0.2, -0.15) is 13.2 Å². The van der Waals surface area contributed by atoms with Gasteiger partial charge in [0.1, 0.15) is 0 Å². The number of hydrogen-bond acceptors (Lipinski definition) is 2. The quantitative estimate of drug-likeness (QED) is 0.575. The predicted octanol–water partition coefficient (Wildman–Crippen LogP) is 0.662. The maximum absolute atomic E-state index is 12.3. The van der Waals surface area contributed by atoms with Crippen molar-refractivity contribution in [3.63, 3.8) is 0 Å². The van der Waals surface area contributed by atoms with Gasteiger partial charge in [-0.15, -0.1) is 0 Å². The highest BCUT2D eigenvalue weighted by atomic mass is 19.4. The molecule has 3 atom stereocenters. The van der Waals surface area contributed by atoms with Crippen LogP contribution in [-0.4, -0.2) is 29.5 Å². The first-order chi connectivity index (χ1) is 5.43. The van der Waals surface area contributed by atoms with E-state index in [1.165, 1.54) is 0 Å². The Morgan fingerprint density at radius 3 is 2.33 bits per heavy atom. The Labute approximate surface area is 67.8 Å². The minimum atomic E-state index is -4.46. The van der Waals surface area contributed by atoms with Gasteiger partial charge in [-0.05, 0) is 6.42 Å². The Balaban J connectivity index is 2.23. The largest absolute Gasteiger partial charge is 0.417 e. The van der Waals surface area contributed by atoms with Gasteiger partial charge >= 0.3 is 6.18 Å². The summed E-state index contributed by atoms with van der Waals surface area (Å²) in [5.74, 6) is -0.637. The first-order valence-electron chi connectivity index (χ1n) is 3.96. The Hall–Kier alpha value is -0.290. The van der Waals surface area contributed by atoms with Gasteiger partial charge in [-0.1, -0.05) is 0 Å². The van der Waals surface area contributed by atoms with Gasteiger partial charge < -0.3 is 10.4 Å². The van der Waals surface area contributed by atoms with Crippen molar-refractivity contribution in [3.8, 4) is 0 Å². The monoisotopic (exact) mass is 181 g/mol. The van der Waals surface area contributed by atoms with Crippen LogP contribution in [0.3, 0.4) is 0 Å². The summed E-state index contributed by atoms with van der Waals surface area (Å²) in [6, 6.07) is -0.137. The first-order valence-corrected chi connectivity index (χ1v) is 3.96. The highest BCUT2D eigenvalue weighted by Crippen LogP contribution is 2.49. The van der Waals surface area contributed by atoms with Gasteiger partial charge in [-0.25, -0.2) is 0 Å². The lowest BCUT2D eigenvalue weighted by Crippen LogP contribution is -2.53. The van der Waals surface area contributed by atoms with Gasteiger partial charge in [0.15, 0.2) is 5.60 Å². The Kier molecular flexibility index (Phi) is 1.48. The number of alkyl halides is 3. The zero-order valence-electron chi connectivity index (χ0n) is 6.36. The molecule has 2 bridgehead atoms. The van der Waals surface area contributed by atoms with E-state index in [1.54, 1.807) is 0 Å². The molecule has 70 valence electrons. The summed E-state index contributed by atoms with van der Waals surface area (Å²) in [6.07, 6.45) is -4.19. The Morgan fingerprint density at radius 2 is 2.08 bits per heavy atom. The van der Waals surface area contributed by atoms with E-state index < -0.39 is 17.7 Å². The van der Waals surface area contributed by atoms with E-state index in [-0.39, 0.29) is 12.5 Å². The maximum atomic E-state index is 12.3. The van der Waals surface area contributed by atoms with Crippen LogP contribution in [0.15, 0.2) is 0 Å². The van der Waals surface area contributed by atoms with Gasteiger partial charge in [0.05, 0.1) is 0 Å². The van der Waals surface area contributed by atoms with Crippen LogP contribution in [0.5, 0.6) is 0 Å². The van der Waals surface area contributed by atoms with Crippen molar-refractivity contribution in [2.75, 3.05) is 6.54 Å². The van der Waals surface area contributed by atoms with Crippen LogP contribution in [0, 0.1) is 5.92 Å². The van der Waals surface area contributed by atoms with E-state index in [2.05, 4.69) is 5.32 Å². The van der Waals surface area contributed by atoms with E-state index in [0.29, 0.717) is 13.0 Å². The zero-order chi connectivity index (χ0) is 8.98. The fourth-order valence-corrected chi connectivity index (χ4v) is 2.23. The number of halogens is 3. The summed E-state index contributed by atoms with van der Waals surface area (Å²) in [6.45, 7) is 0.292. The molecule has 2 aliphatic rings. The highest BCUT2D eigenvalue weighted by Gasteiger charge is 2.64. The second-order valence-electron chi connectivity index (χ2n) is 3.66. The second-order valence-corrected chi connectivity index (χ2v) is 3.66. The van der Waals surface area contributed by atoms with Crippen LogP contribution in [0.25, 0.3) is 0 Å². The summed E-state index contributed by atoms with van der Waals surface area (Å²) < 4.78 is 37.0. The molecule has 1 saturated carbocycles. The molecule has 0 radical (unpaired) electrons. The van der Waals surface area contributed by atoms with Gasteiger partial charge in [0.25, 0.3) is 0 Å². The smallest absolute Gasteiger partial charge is 0.380 e. The third-order valence-electron chi connectivity index (χ3n) is 2.95. The molecule has 1 aliphatic carbocycles. The Morgan fingerprint density at radius 1 is 1.42 bits per heavy atom. The normalized spacial score (nSPS) is 47.0. The van der Waals surface area contributed by atoms with Crippen LogP contribution in [0.1, 0.15) is 12.8 Å². The molecule has 0 amide bonds. The van der Waals surface area contributed by atoms with E-state index in [1.807, 2.05) is 0 Å². The number of nitrogens with one attached hydrogen (secondary N) is 1. The number of hydrogen-bond donors (Lipinski definition) is 2. The molecule has 0 aromatic rings. The topological polar surface area (TPSA) is 32.3 Å². The fraction of sp³-hybridized carbons (Fsp3) is 1.00. The molecule has 5 heteroatoms. The number of piperidine rings is 1. The summed E-state index contributed by atoms with van der Waals surface area (Å²) in [4.78, 5) is 0. The van der Waals surface area contributed by atoms with Crippen molar-refractivity contribution in [3.05, 3.63) is 0 Å². The standard InChI is InChI=1S/C7H10F3NO/c8-7(9,10)6(12)2-5-1-4(6)3-11-5/h4-5,11-12H,1-3H2/t4-,5-,6-/m0/s1. The fourth-order valence-electron chi connectivity index (χ4n) is 2.23. The molecule has 1 heterocycles. The lowest BCUT2D eigenvalue weighted by Gasteiger charge is -2.34. The van der Waals surface area contributed by atoms with Crippen molar-refractivity contribution >= 4 is 0 Å². The summed E-state index contributed by atoms with van der Waals surface area (Å²) in [5.41, 5.74) is -2.41. The van der Waals surface area contributed by atoms with Gasteiger partial charge in [0, 0.05) is 24.9 Å². The SMILES string of the molecule is O[C@@]1(C(F)(F)F)C[C@@H]2C[C@H]1CN2. The number of fused-ring (bicyclic) bond motifs is 2. The molecule has 0 spiro atoms. The molecule has 0 aromatic heterocycles. The van der Waals surface area contributed by atoms with Crippen LogP contribution in [0.2, 0.25) is 0 Å². The molecule has 1 saturated heterocycles. The molecule has 2 fully saturated rings. The Bertz CT molecular complexity index is 205. The van der Waals surface area contributed by atoms with Crippen molar-refractivity contribution in [2.45, 2.75) is 30.7 Å². The highest BCUT2D eigenvalue weighted by molar-refractivity contribution is 5.08. The third kappa shape index (κ3) is 0.894. The maximum Gasteiger partial charge on any atom is 0.417 e. The average molecular weight is 181 g/mol. The molecular weight excluding hydrogens is 171 g/mol. The zero-order valence-corrected chi connectivity index (χ0v) is 6.36. The second kappa shape index (κ2) is 2.14. The van der Waals surface area contributed by atoms with Crippen molar-refractivity contribution < 1.29 is 18.3 Å². The van der Waals surface area contributed by atoms with E-state index in [4.69, 9.17) is 0 Å². The lowest BCUT2D eigenvalue weighted by atomic mass is 9.89. The molecule has 2 N–H and O–H groups in total. The lowest BCUT2D eigenvalue weighted by molar-refractivity contribution is -0.274. The van der Waals surface area contributed by atoms with Crippen LogP contribution in [-0.2, 0) is 0 Å². The van der Waals surface area contributed by atoms with Crippen LogP contribution >= 0.6 is 0 Å². The predicted molar refractivity (Wildman–Crippen MR) is 35.5 cm³/mol. The summed E-state index contributed by atoms with van der Waals surface area (Å²) in [7, 11) is 0. The van der Waals surface area contributed by atoms with Crippen molar-refractivity contribution in [1.82, 2.24) is 5.32 Å². The number of rotatable bonds is 0. The van der Waals surface area contributed by atoms with Gasteiger partial charge in [0.2, 0.25) is 0 Å². The molecule has 1 aliphatic heterocycles. The number of aliphatic hydroxyl groups is 1. The van der Waals surface area contributed by atoms with E-state index in [9.17, 15) is 18.3 Å². The summed E-state index contributed by atoms with van der Waals surface area (Å²) in [5, 5.41) is 12.3. The minimum absolute atomic E-state index is 0.137. The van der Waals surface area contributed by atoms with Gasteiger partial charge in [-0.3, -0.25) is 0 Å². The van der Waals surface area contributed by atoms with E-state index in [0.717, 1.165) is 0 Å². The molecule has 0 aromatic carbocycles. The van der Waals surface area contributed by atoms with Crippen molar-refractivity contribution in [1.29, 1.82) is 0 Å². The molecule has 2 nitrogen and oxygen atoms in total. The molecule has 12 heavy (non-hydrogen) atoms. The van der Waals surface area contributed by atoms with E-state index >= 15 is 0 Å². The summed E-state index contributed by atoms with van der Waals surface area (Å²) >= 11 is 0. The molecule has 2 rings (SSSR count). The van der Waals surface area contributed by atoms with Crippen molar-refractivity contribution in [2.24, 2.45) is 5.92 Å². The third-order valence-corrected chi connectivity index (χ3v) is 2.95. The minimum Gasteiger partial charge on any atom is -0.380 e. The van der Waals surface area contributed by atoms with Crippen LogP contribution in [0.4, 0.5) is 13.2 Å². The average Bonchev–Trinajstić information content (AvgIpc) is 2.43. The first kappa shape index (κ1) is 8.31. The molecule has 0 unspecified atom stereocenters.